The topological polar surface area (TPSA) is 44.9 Å². The molecule has 0 aliphatic rings. The number of amides is 1. The summed E-state index contributed by atoms with van der Waals surface area (Å²) in [6.45, 7) is 3.84. The quantitative estimate of drug-likeness (QED) is 0.727. The van der Waals surface area contributed by atoms with Crippen LogP contribution in [0.3, 0.4) is 0 Å². The third-order valence-corrected chi connectivity index (χ3v) is 3.56. The van der Waals surface area contributed by atoms with Gasteiger partial charge in [0.15, 0.2) is 0 Å². The Bertz CT molecular complexity index is 819. The van der Waals surface area contributed by atoms with E-state index in [0.717, 1.165) is 22.2 Å². The minimum Gasteiger partial charge on any atom is -0.350 e. The highest BCUT2D eigenvalue weighted by atomic mass is 19.1. The van der Waals surface area contributed by atoms with Crippen LogP contribution in [0.4, 0.5) is 10.1 Å². The fourth-order valence-corrected chi connectivity index (χ4v) is 2.37. The van der Waals surface area contributed by atoms with E-state index in [-0.39, 0.29) is 11.7 Å². The summed E-state index contributed by atoms with van der Waals surface area (Å²) >= 11 is 0. The molecule has 0 fully saturated rings. The number of halogens is 1. The van der Waals surface area contributed by atoms with E-state index in [1.807, 2.05) is 38.1 Å². The number of anilines is 1. The number of nitrogens with one attached hydrogen (secondary N) is 2. The maximum atomic E-state index is 13.2. The Hall–Kier alpha value is -2.62. The molecule has 1 aromatic heterocycles. The fourth-order valence-electron chi connectivity index (χ4n) is 2.37. The van der Waals surface area contributed by atoms with Crippen molar-refractivity contribution < 1.29 is 9.18 Å². The highest BCUT2D eigenvalue weighted by Crippen LogP contribution is 2.23. The molecule has 3 aromatic rings. The minimum absolute atomic E-state index is 0.229. The first kappa shape index (κ1) is 13.4. The molecule has 3 nitrogen and oxygen atoms in total. The van der Waals surface area contributed by atoms with Crippen molar-refractivity contribution in [2.75, 3.05) is 5.32 Å². The van der Waals surface area contributed by atoms with Gasteiger partial charge < -0.3 is 10.3 Å². The van der Waals surface area contributed by atoms with Gasteiger partial charge in [-0.25, -0.2) is 4.39 Å². The van der Waals surface area contributed by atoms with Gasteiger partial charge in [-0.1, -0.05) is 17.7 Å². The summed E-state index contributed by atoms with van der Waals surface area (Å²) in [5.41, 5.74) is 3.76. The first-order valence-corrected chi connectivity index (χ1v) is 6.70. The predicted octanol–water partition coefficient (Wildman–Crippen LogP) is 4.18. The van der Waals surface area contributed by atoms with E-state index in [9.17, 15) is 9.18 Å². The molecule has 0 unspecified atom stereocenters. The van der Waals surface area contributed by atoms with Crippen molar-refractivity contribution in [1.29, 1.82) is 0 Å². The summed E-state index contributed by atoms with van der Waals surface area (Å²) in [6, 6.07) is 12.0. The van der Waals surface area contributed by atoms with Gasteiger partial charge in [0.05, 0.1) is 0 Å². The van der Waals surface area contributed by atoms with E-state index in [0.29, 0.717) is 11.2 Å². The van der Waals surface area contributed by atoms with Crippen LogP contribution >= 0.6 is 0 Å². The van der Waals surface area contributed by atoms with E-state index in [2.05, 4.69) is 10.3 Å². The molecule has 3 rings (SSSR count). The number of rotatable bonds is 2. The molecular formula is C17H15FN2O. The van der Waals surface area contributed by atoms with Crippen molar-refractivity contribution in [2.24, 2.45) is 0 Å². The minimum atomic E-state index is -0.325. The lowest BCUT2D eigenvalue weighted by Gasteiger charge is -2.05. The molecule has 0 saturated heterocycles. The maximum Gasteiger partial charge on any atom is 0.272 e. The van der Waals surface area contributed by atoms with Gasteiger partial charge in [0, 0.05) is 16.6 Å². The first-order chi connectivity index (χ1) is 10.0. The largest absolute Gasteiger partial charge is 0.350 e. The second kappa shape index (κ2) is 5.05. The average molecular weight is 282 g/mol. The van der Waals surface area contributed by atoms with Crippen LogP contribution in [-0.2, 0) is 0 Å². The zero-order valence-corrected chi connectivity index (χ0v) is 11.8. The van der Waals surface area contributed by atoms with Crippen LogP contribution in [0.25, 0.3) is 10.9 Å². The van der Waals surface area contributed by atoms with Crippen molar-refractivity contribution >= 4 is 22.5 Å². The third-order valence-electron chi connectivity index (χ3n) is 3.56. The smallest absolute Gasteiger partial charge is 0.272 e. The molecule has 21 heavy (non-hydrogen) atoms. The fraction of sp³-hybridized carbons (Fsp3) is 0.118. The van der Waals surface area contributed by atoms with Gasteiger partial charge in [-0.2, -0.15) is 0 Å². The van der Waals surface area contributed by atoms with Crippen molar-refractivity contribution in [3.63, 3.8) is 0 Å². The van der Waals surface area contributed by atoms with Crippen LogP contribution in [0.2, 0.25) is 0 Å². The number of aromatic nitrogens is 1. The highest BCUT2D eigenvalue weighted by molar-refractivity contribution is 6.07. The van der Waals surface area contributed by atoms with Crippen molar-refractivity contribution in [3.05, 3.63) is 65.1 Å². The number of fused-ring (bicyclic) bond motifs is 1. The van der Waals surface area contributed by atoms with Crippen molar-refractivity contribution in [2.45, 2.75) is 13.8 Å². The Morgan fingerprint density at radius 1 is 1.10 bits per heavy atom. The number of aryl methyl sites for hydroxylation is 2. The summed E-state index contributed by atoms with van der Waals surface area (Å²) < 4.78 is 13.2. The number of carbonyl (C=O) groups is 1. The normalized spacial score (nSPS) is 10.8. The summed E-state index contributed by atoms with van der Waals surface area (Å²) in [6.07, 6.45) is 0. The number of hydrogen-bond acceptors (Lipinski definition) is 1. The van der Waals surface area contributed by atoms with Gasteiger partial charge >= 0.3 is 0 Å². The van der Waals surface area contributed by atoms with E-state index in [1.165, 1.54) is 12.1 Å². The molecular weight excluding hydrogens is 267 g/mol. The van der Waals surface area contributed by atoms with Gasteiger partial charge in [0.1, 0.15) is 11.5 Å². The van der Waals surface area contributed by atoms with Crippen LogP contribution in [0.5, 0.6) is 0 Å². The molecule has 2 aromatic carbocycles. The molecule has 0 spiro atoms. The number of benzene rings is 2. The van der Waals surface area contributed by atoms with E-state index in [1.54, 1.807) is 6.07 Å². The van der Waals surface area contributed by atoms with Gasteiger partial charge in [0.2, 0.25) is 0 Å². The van der Waals surface area contributed by atoms with Crippen LogP contribution in [0, 0.1) is 19.7 Å². The van der Waals surface area contributed by atoms with E-state index < -0.39 is 0 Å². The molecule has 0 radical (unpaired) electrons. The molecule has 4 heteroatoms. The van der Waals surface area contributed by atoms with Crippen molar-refractivity contribution in [1.82, 2.24) is 4.98 Å². The SMILES string of the molecule is Cc1ccc(NC(=O)c2[nH]c3cc(F)ccc3c2C)cc1. The maximum absolute atomic E-state index is 13.2. The lowest BCUT2D eigenvalue weighted by atomic mass is 10.1. The molecule has 2 N–H and O–H groups in total. The van der Waals surface area contributed by atoms with E-state index >= 15 is 0 Å². The Morgan fingerprint density at radius 2 is 1.81 bits per heavy atom. The van der Waals surface area contributed by atoms with Crippen molar-refractivity contribution in [3.8, 4) is 0 Å². The van der Waals surface area contributed by atoms with Gasteiger partial charge in [-0.05, 0) is 49.7 Å². The Labute approximate surface area is 121 Å². The number of H-pyrrole nitrogens is 1. The molecule has 0 atom stereocenters. The molecule has 0 aliphatic carbocycles. The van der Waals surface area contributed by atoms with E-state index in [4.69, 9.17) is 0 Å². The second-order valence-electron chi connectivity index (χ2n) is 5.14. The lowest BCUT2D eigenvalue weighted by Crippen LogP contribution is -2.13. The van der Waals surface area contributed by atoms with Crippen LogP contribution in [0.1, 0.15) is 21.6 Å². The summed E-state index contributed by atoms with van der Waals surface area (Å²) in [5.74, 6) is -0.554. The summed E-state index contributed by atoms with van der Waals surface area (Å²) in [4.78, 5) is 15.3. The van der Waals surface area contributed by atoms with Gasteiger partial charge in [0.25, 0.3) is 5.91 Å². The molecule has 1 amide bonds. The zero-order chi connectivity index (χ0) is 15.0. The Kier molecular flexibility index (Phi) is 3.22. The molecule has 0 bridgehead atoms. The zero-order valence-electron chi connectivity index (χ0n) is 11.8. The molecule has 1 heterocycles. The van der Waals surface area contributed by atoms with Crippen LogP contribution < -0.4 is 5.32 Å². The van der Waals surface area contributed by atoms with Gasteiger partial charge in [-0.3, -0.25) is 4.79 Å². The number of aromatic amines is 1. The lowest BCUT2D eigenvalue weighted by molar-refractivity contribution is 0.102. The standard InChI is InChI=1S/C17H15FN2O/c1-10-3-6-13(7-4-10)19-17(21)16-11(2)14-8-5-12(18)9-15(14)20-16/h3-9,20H,1-2H3,(H,19,21). The average Bonchev–Trinajstić information content (AvgIpc) is 2.78. The Balaban J connectivity index is 1.94. The summed E-state index contributed by atoms with van der Waals surface area (Å²) in [7, 11) is 0. The second-order valence-corrected chi connectivity index (χ2v) is 5.14. The summed E-state index contributed by atoms with van der Waals surface area (Å²) in [5, 5.41) is 3.69. The molecule has 106 valence electrons. The molecule has 0 saturated carbocycles. The van der Waals surface area contributed by atoms with Crippen LogP contribution in [0.15, 0.2) is 42.5 Å². The predicted molar refractivity (Wildman–Crippen MR) is 82.1 cm³/mol. The number of carbonyl (C=O) groups excluding carboxylic acids is 1. The number of hydrogen-bond donors (Lipinski definition) is 2. The van der Waals surface area contributed by atoms with Crippen LogP contribution in [-0.4, -0.2) is 10.9 Å². The third kappa shape index (κ3) is 2.52. The Morgan fingerprint density at radius 3 is 2.52 bits per heavy atom. The van der Waals surface area contributed by atoms with Gasteiger partial charge in [-0.15, -0.1) is 0 Å². The first-order valence-electron chi connectivity index (χ1n) is 6.70. The monoisotopic (exact) mass is 282 g/mol. The molecule has 0 aliphatic heterocycles. The highest BCUT2D eigenvalue weighted by Gasteiger charge is 2.15.